The zero-order chi connectivity index (χ0) is 11.7. The van der Waals surface area contributed by atoms with Gasteiger partial charge in [0.25, 0.3) is 0 Å². The maximum Gasteiger partial charge on any atom is 0.234 e. The van der Waals surface area contributed by atoms with Crippen molar-refractivity contribution in [1.29, 1.82) is 0 Å². The average Bonchev–Trinajstić information content (AvgIpc) is 2.74. The molecule has 2 rings (SSSR count). The summed E-state index contributed by atoms with van der Waals surface area (Å²) in [6.45, 7) is 4.31. The van der Waals surface area contributed by atoms with Gasteiger partial charge in [0.1, 0.15) is 11.4 Å². The van der Waals surface area contributed by atoms with E-state index in [2.05, 4.69) is 15.4 Å². The van der Waals surface area contributed by atoms with Crippen molar-refractivity contribution in [2.45, 2.75) is 20.4 Å². The highest BCUT2D eigenvalue weighted by Crippen LogP contribution is 2.18. The Morgan fingerprint density at radius 1 is 1.56 bits per heavy atom. The molecule has 0 saturated carbocycles. The number of nitrogens with one attached hydrogen (secondary N) is 1. The maximum atomic E-state index is 10.6. The zero-order valence-electron chi connectivity index (χ0n) is 9.56. The molecule has 16 heavy (non-hydrogen) atoms. The monoisotopic (exact) mass is 220 g/mol. The highest BCUT2D eigenvalue weighted by Gasteiger charge is 2.20. The highest BCUT2D eigenvalue weighted by atomic mass is 16.3. The third kappa shape index (κ3) is 1.73. The molecule has 2 aromatic rings. The molecule has 2 heterocycles. The Labute approximate surface area is 92.9 Å². The van der Waals surface area contributed by atoms with Crippen LogP contribution < -0.4 is 4.68 Å². The minimum absolute atomic E-state index is 0.482. The third-order valence-corrected chi connectivity index (χ3v) is 2.59. The Bertz CT molecular complexity index is 525. The quantitative estimate of drug-likeness (QED) is 0.621. The minimum atomic E-state index is 0.482. The van der Waals surface area contributed by atoms with E-state index in [1.54, 1.807) is 4.68 Å². The van der Waals surface area contributed by atoms with Crippen molar-refractivity contribution in [1.82, 2.24) is 14.9 Å². The van der Waals surface area contributed by atoms with Crippen LogP contribution in [0.15, 0.2) is 17.4 Å². The Balaban J connectivity index is 2.31. The lowest BCUT2D eigenvalue weighted by Gasteiger charge is -1.90. The minimum Gasteiger partial charge on any atom is -0.275 e. The van der Waals surface area contributed by atoms with Crippen LogP contribution in [0.3, 0.4) is 0 Å². The predicted molar refractivity (Wildman–Crippen MR) is 58.2 cm³/mol. The third-order valence-electron chi connectivity index (χ3n) is 2.59. The Hall–Kier alpha value is -1.98. The van der Waals surface area contributed by atoms with Crippen molar-refractivity contribution < 1.29 is 4.68 Å². The molecule has 0 bridgehead atoms. The lowest BCUT2D eigenvalue weighted by atomic mass is 10.3. The molecule has 6 nitrogen and oxygen atoms in total. The van der Waals surface area contributed by atoms with Crippen LogP contribution in [0.2, 0.25) is 0 Å². The molecule has 0 aliphatic carbocycles. The van der Waals surface area contributed by atoms with Crippen LogP contribution >= 0.6 is 0 Å². The Morgan fingerprint density at radius 3 is 2.81 bits per heavy atom. The van der Waals surface area contributed by atoms with Gasteiger partial charge in [-0.1, -0.05) is 0 Å². The van der Waals surface area contributed by atoms with E-state index in [1.165, 1.54) is 0 Å². The lowest BCUT2D eigenvalue weighted by molar-refractivity contribution is -0.748. The van der Waals surface area contributed by atoms with Crippen molar-refractivity contribution in [3.05, 3.63) is 34.3 Å². The van der Waals surface area contributed by atoms with E-state index < -0.39 is 0 Å². The number of nitroso groups, excluding NO2 is 1. The number of rotatable bonds is 3. The molecule has 0 unspecified atom stereocenters. The van der Waals surface area contributed by atoms with Gasteiger partial charge in [-0.15, -0.1) is 9.59 Å². The summed E-state index contributed by atoms with van der Waals surface area (Å²) in [5, 5.41) is 10.4. The number of hydrogen-bond donors (Lipinski definition) is 1. The van der Waals surface area contributed by atoms with Crippen molar-refractivity contribution >= 4 is 5.69 Å². The standard InChI is InChI=1S/C10H13N5O/c1-7-10(13-16)8(2)15(11-7)6-9-4-5-14(3)12-9/h4-5H,6H2,1-3H3/p+1. The van der Waals surface area contributed by atoms with Gasteiger partial charge < -0.3 is 0 Å². The van der Waals surface area contributed by atoms with Gasteiger partial charge in [0.15, 0.2) is 0 Å². The fourth-order valence-electron chi connectivity index (χ4n) is 1.74. The topological polar surface area (TPSA) is 66.9 Å². The van der Waals surface area contributed by atoms with Gasteiger partial charge in [-0.05, 0) is 18.2 Å². The number of nitrogens with zero attached hydrogens (tertiary/aromatic N) is 4. The summed E-state index contributed by atoms with van der Waals surface area (Å²) in [4.78, 5) is 10.6. The van der Waals surface area contributed by atoms with Gasteiger partial charge in [0, 0.05) is 20.2 Å². The van der Waals surface area contributed by atoms with Crippen molar-refractivity contribution in [2.75, 3.05) is 0 Å². The average molecular weight is 220 g/mol. The number of aryl methyl sites for hydroxylation is 2. The van der Waals surface area contributed by atoms with E-state index >= 15 is 0 Å². The van der Waals surface area contributed by atoms with Gasteiger partial charge >= 0.3 is 0 Å². The normalized spacial score (nSPS) is 10.7. The number of aromatic nitrogens is 4. The first-order valence-corrected chi connectivity index (χ1v) is 5.02. The van der Waals surface area contributed by atoms with E-state index in [0.29, 0.717) is 12.2 Å². The van der Waals surface area contributed by atoms with Gasteiger partial charge in [-0.2, -0.15) is 10.2 Å². The van der Waals surface area contributed by atoms with Crippen molar-refractivity contribution in [3.8, 4) is 0 Å². The second kappa shape index (κ2) is 3.88. The van der Waals surface area contributed by atoms with Crippen molar-refractivity contribution in [3.63, 3.8) is 0 Å². The van der Waals surface area contributed by atoms with Crippen molar-refractivity contribution in [2.24, 2.45) is 12.2 Å². The first kappa shape index (κ1) is 10.5. The highest BCUT2D eigenvalue weighted by molar-refractivity contribution is 5.42. The lowest BCUT2D eigenvalue weighted by Crippen LogP contribution is -2.39. The van der Waals surface area contributed by atoms with Crippen LogP contribution in [-0.2, 0) is 13.6 Å². The predicted octanol–water partition coefficient (Wildman–Crippen LogP) is 1.10. The first-order chi connectivity index (χ1) is 7.61. The van der Waals surface area contributed by atoms with E-state index in [1.807, 2.05) is 37.8 Å². The number of aromatic amines is 1. The number of hydrogen-bond acceptors (Lipinski definition) is 3. The van der Waals surface area contributed by atoms with Gasteiger partial charge in [-0.25, -0.2) is 0 Å². The van der Waals surface area contributed by atoms with Crippen LogP contribution in [0.25, 0.3) is 0 Å². The maximum absolute atomic E-state index is 10.6. The molecule has 0 spiro atoms. The molecule has 0 amide bonds. The van der Waals surface area contributed by atoms with Crippen LogP contribution in [-0.4, -0.2) is 14.9 Å². The SMILES string of the molecule is Cc1[nH][n+](Cc2ccn(C)n2)c(C)c1N=O. The molecule has 0 radical (unpaired) electrons. The van der Waals surface area contributed by atoms with E-state index in [-0.39, 0.29) is 0 Å². The summed E-state index contributed by atoms with van der Waals surface area (Å²) in [6.07, 6.45) is 1.89. The summed E-state index contributed by atoms with van der Waals surface area (Å²) < 4.78 is 3.62. The Morgan fingerprint density at radius 2 is 2.31 bits per heavy atom. The molecule has 0 aliphatic rings. The first-order valence-electron chi connectivity index (χ1n) is 5.02. The molecule has 0 aliphatic heterocycles. The molecule has 0 atom stereocenters. The molecule has 1 N–H and O–H groups in total. The van der Waals surface area contributed by atoms with E-state index in [4.69, 9.17) is 0 Å². The summed E-state index contributed by atoms with van der Waals surface area (Å²) in [5.41, 5.74) is 3.03. The number of H-pyrrole nitrogens is 1. The molecular formula is C10H14N5O+. The van der Waals surface area contributed by atoms with E-state index in [9.17, 15) is 4.91 Å². The van der Waals surface area contributed by atoms with Crippen LogP contribution in [0.5, 0.6) is 0 Å². The fraction of sp³-hybridized carbons (Fsp3) is 0.400. The molecule has 0 fully saturated rings. The molecule has 0 saturated heterocycles. The van der Waals surface area contributed by atoms with Gasteiger partial charge in [0.05, 0.1) is 0 Å². The molecule has 6 heteroatoms. The zero-order valence-corrected chi connectivity index (χ0v) is 9.56. The smallest absolute Gasteiger partial charge is 0.234 e. The fourth-order valence-corrected chi connectivity index (χ4v) is 1.74. The van der Waals surface area contributed by atoms with Crippen LogP contribution in [0.1, 0.15) is 17.1 Å². The molecule has 84 valence electrons. The molecular weight excluding hydrogens is 206 g/mol. The largest absolute Gasteiger partial charge is 0.275 e. The summed E-state index contributed by atoms with van der Waals surface area (Å²) in [7, 11) is 1.87. The van der Waals surface area contributed by atoms with E-state index in [0.717, 1.165) is 17.1 Å². The Kier molecular flexibility index (Phi) is 2.55. The van der Waals surface area contributed by atoms with Gasteiger partial charge in [0.2, 0.25) is 17.9 Å². The van der Waals surface area contributed by atoms with Crippen LogP contribution in [0.4, 0.5) is 5.69 Å². The van der Waals surface area contributed by atoms with Gasteiger partial charge in [-0.3, -0.25) is 4.68 Å². The summed E-state index contributed by atoms with van der Waals surface area (Å²) in [6, 6.07) is 1.94. The van der Waals surface area contributed by atoms with Crippen LogP contribution in [0, 0.1) is 18.8 Å². The second-order valence-electron chi connectivity index (χ2n) is 3.83. The molecule has 2 aromatic heterocycles. The second-order valence-corrected chi connectivity index (χ2v) is 3.83. The molecule has 0 aromatic carbocycles. The summed E-state index contributed by atoms with van der Waals surface area (Å²) in [5.74, 6) is 0. The summed E-state index contributed by atoms with van der Waals surface area (Å²) >= 11 is 0.